The molecule has 0 bridgehead atoms. The van der Waals surface area contributed by atoms with Crippen LogP contribution in [0, 0.1) is 0 Å². The quantitative estimate of drug-likeness (QED) is 0.882. The van der Waals surface area contributed by atoms with Crippen LogP contribution in [0.2, 0.25) is 0 Å². The molecular weight excluding hydrogens is 294 g/mol. The minimum absolute atomic E-state index is 0.0984. The molecule has 1 aromatic heterocycles. The topological polar surface area (TPSA) is 94.3 Å². The minimum Gasteiger partial charge on any atom is -0.490 e. The molecule has 6 heteroatoms. The maximum absolute atomic E-state index is 11.7. The molecule has 0 atom stereocenters. The molecule has 1 heterocycles. The van der Waals surface area contributed by atoms with Gasteiger partial charge in [0.15, 0.2) is 0 Å². The second kappa shape index (κ2) is 6.91. The Hall–Kier alpha value is -2.89. The van der Waals surface area contributed by atoms with Gasteiger partial charge in [0.1, 0.15) is 5.75 Å². The van der Waals surface area contributed by atoms with Gasteiger partial charge < -0.3 is 15.8 Å². The Morgan fingerprint density at radius 3 is 2.52 bits per heavy atom. The van der Waals surface area contributed by atoms with Crippen molar-refractivity contribution in [2.75, 3.05) is 7.05 Å². The SMILES string of the molecule is CNC(=O)c1cncc(-c2ccc(C(N)=O)c(OC(C)C)c2)c1. The Morgan fingerprint density at radius 1 is 1.17 bits per heavy atom. The van der Waals surface area contributed by atoms with Crippen LogP contribution < -0.4 is 15.8 Å². The number of hydrogen-bond acceptors (Lipinski definition) is 4. The van der Waals surface area contributed by atoms with Crippen LogP contribution in [0.3, 0.4) is 0 Å². The third-order valence-electron chi connectivity index (χ3n) is 3.17. The standard InChI is InChI=1S/C17H19N3O3/c1-10(2)23-15-7-11(4-5-14(15)16(18)21)12-6-13(9-20-8-12)17(22)19-3/h4-10H,1-3H3,(H2,18,21)(H,19,22). The van der Waals surface area contributed by atoms with Crippen molar-refractivity contribution >= 4 is 11.8 Å². The smallest absolute Gasteiger partial charge is 0.252 e. The molecule has 6 nitrogen and oxygen atoms in total. The van der Waals surface area contributed by atoms with Gasteiger partial charge in [-0.2, -0.15) is 0 Å². The lowest BCUT2D eigenvalue weighted by Crippen LogP contribution is -2.18. The van der Waals surface area contributed by atoms with E-state index in [1.807, 2.05) is 13.8 Å². The first-order valence-corrected chi connectivity index (χ1v) is 7.20. The molecule has 0 unspecified atom stereocenters. The summed E-state index contributed by atoms with van der Waals surface area (Å²) in [6.45, 7) is 3.73. The summed E-state index contributed by atoms with van der Waals surface area (Å²) in [6, 6.07) is 6.81. The molecule has 0 aliphatic rings. The van der Waals surface area contributed by atoms with Crippen molar-refractivity contribution in [2.24, 2.45) is 5.73 Å². The van der Waals surface area contributed by atoms with Gasteiger partial charge >= 0.3 is 0 Å². The predicted molar refractivity (Wildman–Crippen MR) is 87.3 cm³/mol. The fraction of sp³-hybridized carbons (Fsp3) is 0.235. The van der Waals surface area contributed by atoms with Crippen LogP contribution in [0.5, 0.6) is 5.75 Å². The highest BCUT2D eigenvalue weighted by molar-refractivity contribution is 5.97. The summed E-state index contributed by atoms with van der Waals surface area (Å²) < 4.78 is 5.67. The molecule has 0 fully saturated rings. The Kier molecular flexibility index (Phi) is 4.95. The van der Waals surface area contributed by atoms with Crippen LogP contribution in [0.4, 0.5) is 0 Å². The van der Waals surface area contributed by atoms with Crippen LogP contribution in [-0.2, 0) is 0 Å². The van der Waals surface area contributed by atoms with Crippen molar-refractivity contribution in [1.82, 2.24) is 10.3 Å². The highest BCUT2D eigenvalue weighted by Crippen LogP contribution is 2.28. The number of pyridine rings is 1. The first-order valence-electron chi connectivity index (χ1n) is 7.20. The van der Waals surface area contributed by atoms with E-state index in [-0.39, 0.29) is 12.0 Å². The maximum Gasteiger partial charge on any atom is 0.252 e. The lowest BCUT2D eigenvalue weighted by molar-refractivity contribution is 0.0960. The zero-order valence-corrected chi connectivity index (χ0v) is 13.3. The van der Waals surface area contributed by atoms with Crippen LogP contribution in [-0.4, -0.2) is 29.9 Å². The van der Waals surface area contributed by atoms with Gasteiger partial charge in [-0.15, -0.1) is 0 Å². The van der Waals surface area contributed by atoms with Gasteiger partial charge in [-0.05, 0) is 37.6 Å². The van der Waals surface area contributed by atoms with Crippen molar-refractivity contribution < 1.29 is 14.3 Å². The molecule has 120 valence electrons. The highest BCUT2D eigenvalue weighted by atomic mass is 16.5. The number of carbonyl (C=O) groups excluding carboxylic acids is 2. The van der Waals surface area contributed by atoms with Crippen molar-refractivity contribution in [2.45, 2.75) is 20.0 Å². The molecule has 2 rings (SSSR count). The fourth-order valence-corrected chi connectivity index (χ4v) is 2.12. The number of nitrogens with two attached hydrogens (primary N) is 1. The van der Waals surface area contributed by atoms with Crippen molar-refractivity contribution in [3.63, 3.8) is 0 Å². The summed E-state index contributed by atoms with van der Waals surface area (Å²) in [5.74, 6) is -0.355. The third kappa shape index (κ3) is 3.85. The molecule has 0 aliphatic carbocycles. The van der Waals surface area contributed by atoms with Gasteiger partial charge in [0.2, 0.25) is 0 Å². The number of nitrogens with zero attached hydrogens (tertiary/aromatic N) is 1. The second-order valence-electron chi connectivity index (χ2n) is 5.28. The average molecular weight is 313 g/mol. The lowest BCUT2D eigenvalue weighted by atomic mass is 10.0. The van der Waals surface area contributed by atoms with E-state index in [4.69, 9.17) is 10.5 Å². The van der Waals surface area contributed by atoms with Gasteiger partial charge in [-0.25, -0.2) is 0 Å². The van der Waals surface area contributed by atoms with E-state index in [9.17, 15) is 9.59 Å². The van der Waals surface area contributed by atoms with E-state index in [2.05, 4.69) is 10.3 Å². The summed E-state index contributed by atoms with van der Waals surface area (Å²) in [4.78, 5) is 27.3. The summed E-state index contributed by atoms with van der Waals surface area (Å²) in [6.07, 6.45) is 3.04. The number of amides is 2. The number of ether oxygens (including phenoxy) is 1. The van der Waals surface area contributed by atoms with E-state index in [0.29, 0.717) is 16.9 Å². The van der Waals surface area contributed by atoms with Gasteiger partial charge in [-0.3, -0.25) is 14.6 Å². The summed E-state index contributed by atoms with van der Waals surface area (Å²) >= 11 is 0. The molecule has 0 radical (unpaired) electrons. The van der Waals surface area contributed by atoms with E-state index in [0.717, 1.165) is 11.1 Å². The number of aromatic nitrogens is 1. The van der Waals surface area contributed by atoms with Gasteiger partial charge in [0.25, 0.3) is 11.8 Å². The fourth-order valence-electron chi connectivity index (χ4n) is 2.12. The van der Waals surface area contributed by atoms with Crippen LogP contribution in [0.25, 0.3) is 11.1 Å². The molecule has 0 saturated carbocycles. The number of nitrogens with one attached hydrogen (secondary N) is 1. The van der Waals surface area contributed by atoms with E-state index in [1.165, 1.54) is 6.20 Å². The number of rotatable bonds is 5. The molecule has 1 aromatic carbocycles. The molecule has 2 amide bonds. The van der Waals surface area contributed by atoms with E-state index >= 15 is 0 Å². The Bertz CT molecular complexity index is 742. The first kappa shape index (κ1) is 16.5. The number of hydrogen-bond donors (Lipinski definition) is 2. The second-order valence-corrected chi connectivity index (χ2v) is 5.28. The molecule has 0 saturated heterocycles. The highest BCUT2D eigenvalue weighted by Gasteiger charge is 2.13. The van der Waals surface area contributed by atoms with Crippen molar-refractivity contribution in [1.29, 1.82) is 0 Å². The minimum atomic E-state index is -0.551. The Balaban J connectivity index is 2.48. The van der Waals surface area contributed by atoms with Crippen LogP contribution >= 0.6 is 0 Å². The average Bonchev–Trinajstić information content (AvgIpc) is 2.53. The third-order valence-corrected chi connectivity index (χ3v) is 3.17. The molecule has 0 spiro atoms. The zero-order chi connectivity index (χ0) is 17.0. The van der Waals surface area contributed by atoms with Gasteiger partial charge in [-0.1, -0.05) is 6.07 Å². The van der Waals surface area contributed by atoms with Crippen LogP contribution in [0.15, 0.2) is 36.7 Å². The first-order chi connectivity index (χ1) is 10.9. The summed E-state index contributed by atoms with van der Waals surface area (Å²) in [5.41, 5.74) is 7.68. The number of primary amides is 1. The van der Waals surface area contributed by atoms with Crippen LogP contribution in [0.1, 0.15) is 34.6 Å². The maximum atomic E-state index is 11.7. The monoisotopic (exact) mass is 313 g/mol. The van der Waals surface area contributed by atoms with E-state index < -0.39 is 5.91 Å². The Labute approximate surface area is 134 Å². The summed E-state index contributed by atoms with van der Waals surface area (Å²) in [7, 11) is 1.56. The van der Waals surface area contributed by atoms with E-state index in [1.54, 1.807) is 37.5 Å². The molecule has 2 aromatic rings. The largest absolute Gasteiger partial charge is 0.490 e. The summed E-state index contributed by atoms with van der Waals surface area (Å²) in [5, 5.41) is 2.56. The lowest BCUT2D eigenvalue weighted by Gasteiger charge is -2.14. The number of benzene rings is 1. The van der Waals surface area contributed by atoms with Crippen molar-refractivity contribution in [3.05, 3.63) is 47.8 Å². The molecule has 0 aliphatic heterocycles. The van der Waals surface area contributed by atoms with Gasteiger partial charge in [0, 0.05) is 25.0 Å². The number of carbonyl (C=O) groups is 2. The molecule has 3 N–H and O–H groups in total. The molecule has 23 heavy (non-hydrogen) atoms. The predicted octanol–water partition coefficient (Wildman–Crippen LogP) is 1.99. The zero-order valence-electron chi connectivity index (χ0n) is 13.3. The van der Waals surface area contributed by atoms with Gasteiger partial charge in [0.05, 0.1) is 17.2 Å². The van der Waals surface area contributed by atoms with Crippen molar-refractivity contribution in [3.8, 4) is 16.9 Å². The molecular formula is C17H19N3O3. The normalized spacial score (nSPS) is 10.4. The Morgan fingerprint density at radius 2 is 1.91 bits per heavy atom.